The second-order valence-electron chi connectivity index (χ2n) is 7.92. The molecule has 3 amide bonds. The van der Waals surface area contributed by atoms with Crippen molar-refractivity contribution in [1.82, 2.24) is 19.6 Å². The molecule has 1 atom stereocenters. The summed E-state index contributed by atoms with van der Waals surface area (Å²) in [6, 6.07) is 2.74. The Morgan fingerprint density at radius 1 is 1.10 bits per heavy atom. The highest BCUT2D eigenvalue weighted by Gasteiger charge is 2.38. The lowest BCUT2D eigenvalue weighted by Gasteiger charge is -2.36. The molecule has 0 radical (unpaired) electrons. The molecule has 30 heavy (non-hydrogen) atoms. The smallest absolute Gasteiger partial charge is 0.312 e. The summed E-state index contributed by atoms with van der Waals surface area (Å²) in [4.78, 5) is 44.5. The number of furan rings is 1. The summed E-state index contributed by atoms with van der Waals surface area (Å²) in [6.45, 7) is 1.89. The number of hydrogen-bond acceptors (Lipinski definition) is 7. The Morgan fingerprint density at radius 3 is 2.30 bits per heavy atom. The molecule has 10 nitrogen and oxygen atoms in total. The van der Waals surface area contributed by atoms with E-state index >= 15 is 0 Å². The fraction of sp³-hybridized carbons (Fsp3) is 0.632. The number of likely N-dealkylation sites (N-methyl/N-ethyl adjacent to an activating group) is 1. The quantitative estimate of drug-likeness (QED) is 0.548. The molecule has 1 aromatic rings. The summed E-state index contributed by atoms with van der Waals surface area (Å²) >= 11 is 0. The molecule has 3 heterocycles. The van der Waals surface area contributed by atoms with Gasteiger partial charge in [-0.05, 0) is 32.6 Å². The number of piperazine rings is 1. The summed E-state index contributed by atoms with van der Waals surface area (Å²) in [5.74, 6) is -1.41. The molecular weight excluding hydrogens is 412 g/mol. The molecule has 0 aliphatic carbocycles. The zero-order chi connectivity index (χ0) is 21.9. The van der Waals surface area contributed by atoms with E-state index in [1.807, 2.05) is 19.0 Å². The van der Waals surface area contributed by atoms with Crippen molar-refractivity contribution in [2.24, 2.45) is 0 Å². The van der Waals surface area contributed by atoms with Crippen molar-refractivity contribution in [3.63, 3.8) is 0 Å². The largest absolute Gasteiger partial charge is 0.459 e. The number of rotatable bonds is 5. The molecule has 2 saturated heterocycles. The third kappa shape index (κ3) is 5.20. The van der Waals surface area contributed by atoms with Gasteiger partial charge in [-0.1, -0.05) is 0 Å². The highest BCUT2D eigenvalue weighted by atomic mass is 32.2. The summed E-state index contributed by atoms with van der Waals surface area (Å²) < 4.78 is 28.9. The van der Waals surface area contributed by atoms with Crippen LogP contribution in [-0.2, 0) is 19.4 Å². The van der Waals surface area contributed by atoms with Gasteiger partial charge in [0, 0.05) is 45.3 Å². The van der Waals surface area contributed by atoms with Crippen LogP contribution >= 0.6 is 0 Å². The first-order valence-electron chi connectivity index (χ1n) is 9.96. The number of amides is 3. The van der Waals surface area contributed by atoms with Crippen LogP contribution in [0.5, 0.6) is 0 Å². The van der Waals surface area contributed by atoms with Gasteiger partial charge in [0.2, 0.25) is 0 Å². The highest BCUT2D eigenvalue weighted by Crippen LogP contribution is 2.19. The maximum atomic E-state index is 13.0. The van der Waals surface area contributed by atoms with Crippen LogP contribution in [0.4, 0.5) is 0 Å². The standard InChI is InChI=1S/C19H28N4O6S/c1-20(2)6-11-23(15-5-13-30(27,28)14-15)19(26)18(25)22-9-7-21(8-10-22)17(24)16-4-3-12-29-16/h3-4,12,15H,5-11,13-14H2,1-2H3. The Kier molecular flexibility index (Phi) is 6.81. The first kappa shape index (κ1) is 22.3. The normalized spacial score (nSPS) is 21.1. The zero-order valence-corrected chi connectivity index (χ0v) is 18.1. The highest BCUT2D eigenvalue weighted by molar-refractivity contribution is 7.91. The molecule has 1 aromatic heterocycles. The molecule has 0 saturated carbocycles. The summed E-state index contributed by atoms with van der Waals surface area (Å²) in [7, 11) is 0.518. The molecule has 1 unspecified atom stereocenters. The SMILES string of the molecule is CN(C)CCN(C(=O)C(=O)N1CCN(C(=O)c2ccco2)CC1)C1CCS(=O)(=O)C1. The van der Waals surface area contributed by atoms with Crippen molar-refractivity contribution in [2.75, 3.05) is 64.9 Å². The minimum absolute atomic E-state index is 0.0329. The number of hydrogen-bond donors (Lipinski definition) is 0. The molecule has 0 N–H and O–H groups in total. The molecular formula is C19H28N4O6S. The van der Waals surface area contributed by atoms with E-state index in [-0.39, 0.29) is 42.8 Å². The first-order chi connectivity index (χ1) is 14.2. The summed E-state index contributed by atoms with van der Waals surface area (Å²) in [6.07, 6.45) is 1.78. The van der Waals surface area contributed by atoms with Gasteiger partial charge in [0.15, 0.2) is 15.6 Å². The van der Waals surface area contributed by atoms with Crippen molar-refractivity contribution in [3.8, 4) is 0 Å². The first-order valence-corrected chi connectivity index (χ1v) is 11.8. The number of carbonyl (C=O) groups is 3. The lowest BCUT2D eigenvalue weighted by atomic mass is 10.2. The zero-order valence-electron chi connectivity index (χ0n) is 17.3. The molecule has 11 heteroatoms. The molecule has 166 valence electrons. The number of nitrogens with zero attached hydrogens (tertiary/aromatic N) is 4. The van der Waals surface area contributed by atoms with E-state index in [2.05, 4.69) is 0 Å². The third-order valence-electron chi connectivity index (χ3n) is 5.47. The van der Waals surface area contributed by atoms with E-state index in [9.17, 15) is 22.8 Å². The monoisotopic (exact) mass is 440 g/mol. The van der Waals surface area contributed by atoms with Crippen LogP contribution in [0.2, 0.25) is 0 Å². The predicted octanol–water partition coefficient (Wildman–Crippen LogP) is -0.859. The van der Waals surface area contributed by atoms with Gasteiger partial charge >= 0.3 is 11.8 Å². The van der Waals surface area contributed by atoms with E-state index in [0.717, 1.165) is 0 Å². The van der Waals surface area contributed by atoms with Crippen molar-refractivity contribution < 1.29 is 27.2 Å². The Morgan fingerprint density at radius 2 is 1.77 bits per heavy atom. The summed E-state index contributed by atoms with van der Waals surface area (Å²) in [5.41, 5.74) is 0. The Bertz CT molecular complexity index is 875. The molecule has 2 fully saturated rings. The van der Waals surface area contributed by atoms with Crippen LogP contribution in [0.15, 0.2) is 22.8 Å². The van der Waals surface area contributed by atoms with Crippen LogP contribution in [-0.4, -0.2) is 117 Å². The van der Waals surface area contributed by atoms with Crippen LogP contribution < -0.4 is 0 Å². The minimum atomic E-state index is -3.19. The molecule has 0 spiro atoms. The number of carbonyl (C=O) groups excluding carboxylic acids is 3. The van der Waals surface area contributed by atoms with Crippen molar-refractivity contribution >= 4 is 27.6 Å². The van der Waals surface area contributed by atoms with Crippen molar-refractivity contribution in [1.29, 1.82) is 0 Å². The Balaban J connectivity index is 1.62. The predicted molar refractivity (Wildman–Crippen MR) is 109 cm³/mol. The van der Waals surface area contributed by atoms with Crippen molar-refractivity contribution in [3.05, 3.63) is 24.2 Å². The van der Waals surface area contributed by atoms with Crippen LogP contribution in [0.1, 0.15) is 17.0 Å². The maximum absolute atomic E-state index is 13.0. The maximum Gasteiger partial charge on any atom is 0.312 e. The summed E-state index contributed by atoms with van der Waals surface area (Å²) in [5, 5.41) is 0. The van der Waals surface area contributed by atoms with Gasteiger partial charge in [-0.25, -0.2) is 8.42 Å². The molecule has 2 aliphatic rings. The fourth-order valence-electron chi connectivity index (χ4n) is 3.71. The van der Waals surface area contributed by atoms with Gasteiger partial charge in [-0.15, -0.1) is 0 Å². The van der Waals surface area contributed by atoms with E-state index in [0.29, 0.717) is 26.1 Å². The topological polar surface area (TPSA) is 111 Å². The van der Waals surface area contributed by atoms with Gasteiger partial charge in [0.05, 0.1) is 17.8 Å². The van der Waals surface area contributed by atoms with E-state index < -0.39 is 27.7 Å². The van der Waals surface area contributed by atoms with Gasteiger partial charge < -0.3 is 24.0 Å². The lowest BCUT2D eigenvalue weighted by Crippen LogP contribution is -2.56. The minimum Gasteiger partial charge on any atom is -0.459 e. The van der Waals surface area contributed by atoms with E-state index in [1.54, 1.807) is 17.0 Å². The average Bonchev–Trinajstić information content (AvgIpc) is 3.36. The van der Waals surface area contributed by atoms with Crippen LogP contribution in [0.25, 0.3) is 0 Å². The van der Waals surface area contributed by atoms with Gasteiger partial charge in [-0.2, -0.15) is 0 Å². The third-order valence-corrected chi connectivity index (χ3v) is 7.22. The van der Waals surface area contributed by atoms with Gasteiger partial charge in [0.25, 0.3) is 5.91 Å². The molecule has 0 bridgehead atoms. The molecule has 3 rings (SSSR count). The lowest BCUT2D eigenvalue weighted by molar-refractivity contribution is -0.153. The second kappa shape index (κ2) is 9.17. The second-order valence-corrected chi connectivity index (χ2v) is 10.1. The van der Waals surface area contributed by atoms with Gasteiger partial charge in [0.1, 0.15) is 0 Å². The van der Waals surface area contributed by atoms with E-state index in [1.165, 1.54) is 16.1 Å². The van der Waals surface area contributed by atoms with E-state index in [4.69, 9.17) is 4.42 Å². The van der Waals surface area contributed by atoms with Crippen molar-refractivity contribution in [2.45, 2.75) is 12.5 Å². The number of sulfone groups is 1. The van der Waals surface area contributed by atoms with Crippen LogP contribution in [0, 0.1) is 0 Å². The van der Waals surface area contributed by atoms with Gasteiger partial charge in [-0.3, -0.25) is 14.4 Å². The van der Waals surface area contributed by atoms with Crippen LogP contribution in [0.3, 0.4) is 0 Å². The average molecular weight is 441 g/mol. The Labute approximate surface area is 176 Å². The molecule has 0 aromatic carbocycles. The Hall–Kier alpha value is -2.40. The fourth-order valence-corrected chi connectivity index (χ4v) is 5.44. The molecule has 2 aliphatic heterocycles.